The second-order valence-corrected chi connectivity index (χ2v) is 5.12. The second kappa shape index (κ2) is 8.27. The molecule has 0 radical (unpaired) electrons. The van der Waals surface area contributed by atoms with Crippen molar-refractivity contribution in [3.63, 3.8) is 0 Å². The Balaban J connectivity index is 0.00000121. The lowest BCUT2D eigenvalue weighted by Gasteiger charge is -2.32. The van der Waals surface area contributed by atoms with E-state index in [1.54, 1.807) is 6.20 Å². The summed E-state index contributed by atoms with van der Waals surface area (Å²) in [5, 5.41) is 3.24. The molecule has 0 aliphatic carbocycles. The van der Waals surface area contributed by atoms with Crippen molar-refractivity contribution in [3.8, 4) is 0 Å². The van der Waals surface area contributed by atoms with Crippen LogP contribution in [-0.4, -0.2) is 47.0 Å². The van der Waals surface area contributed by atoms with E-state index in [4.69, 9.17) is 0 Å². The van der Waals surface area contributed by atoms with Gasteiger partial charge in [0.05, 0.1) is 17.2 Å². The first-order chi connectivity index (χ1) is 9.78. The van der Waals surface area contributed by atoms with E-state index in [1.807, 2.05) is 36.2 Å². The predicted octanol–water partition coefficient (Wildman–Crippen LogP) is 2.30. The molecule has 1 aromatic heterocycles. The summed E-state index contributed by atoms with van der Waals surface area (Å²) < 4.78 is 0. The molecule has 5 nitrogen and oxygen atoms in total. The maximum Gasteiger partial charge on any atom is 0.274 e. The zero-order valence-corrected chi connectivity index (χ0v) is 14.0. The third-order valence-corrected chi connectivity index (χ3v) is 3.78. The molecule has 2 heterocycles. The lowest BCUT2D eigenvalue weighted by Crippen LogP contribution is -2.47. The molecule has 1 aliphatic heterocycles. The van der Waals surface area contributed by atoms with Crippen molar-refractivity contribution in [1.29, 1.82) is 0 Å². The Morgan fingerprint density at radius 1 is 1.27 bits per heavy atom. The number of carbonyl (C=O) groups is 1. The predicted molar refractivity (Wildman–Crippen MR) is 92.0 cm³/mol. The van der Waals surface area contributed by atoms with Gasteiger partial charge in [-0.15, -0.1) is 24.8 Å². The Morgan fingerprint density at radius 3 is 2.73 bits per heavy atom. The zero-order chi connectivity index (χ0) is 13.9. The fraction of sp³-hybridized carbons (Fsp3) is 0.400. The summed E-state index contributed by atoms with van der Waals surface area (Å²) in [6.07, 6.45) is 3.72. The molecule has 2 aromatic rings. The minimum Gasteiger partial charge on any atom is -0.336 e. The van der Waals surface area contributed by atoms with Gasteiger partial charge in [0.25, 0.3) is 5.91 Å². The number of likely N-dealkylation sites (tertiary alicyclic amines) is 1. The van der Waals surface area contributed by atoms with E-state index < -0.39 is 0 Å². The van der Waals surface area contributed by atoms with Gasteiger partial charge in [-0.3, -0.25) is 9.78 Å². The number of likely N-dealkylation sites (N-methyl/N-ethyl adjacent to an activating group) is 1. The average molecular weight is 343 g/mol. The van der Waals surface area contributed by atoms with E-state index >= 15 is 0 Å². The fourth-order valence-corrected chi connectivity index (χ4v) is 2.62. The lowest BCUT2D eigenvalue weighted by molar-refractivity contribution is 0.0692. The molecule has 1 N–H and O–H groups in total. The number of halogens is 2. The van der Waals surface area contributed by atoms with Crippen LogP contribution in [0.2, 0.25) is 0 Å². The van der Waals surface area contributed by atoms with Crippen LogP contribution in [0.25, 0.3) is 11.0 Å². The molecule has 0 spiro atoms. The van der Waals surface area contributed by atoms with Gasteiger partial charge in [-0.2, -0.15) is 0 Å². The summed E-state index contributed by atoms with van der Waals surface area (Å²) in [5.74, 6) is -0.0248. The number of nitrogens with one attached hydrogen (secondary N) is 1. The second-order valence-electron chi connectivity index (χ2n) is 5.12. The van der Waals surface area contributed by atoms with E-state index in [-0.39, 0.29) is 30.7 Å². The number of carbonyl (C=O) groups excluding carboxylic acids is 1. The molecule has 0 bridgehead atoms. The van der Waals surface area contributed by atoms with E-state index in [0.717, 1.165) is 37.0 Å². The number of benzene rings is 1. The normalized spacial score (nSPS) is 17.5. The van der Waals surface area contributed by atoms with Crippen molar-refractivity contribution in [1.82, 2.24) is 20.2 Å². The Morgan fingerprint density at radius 2 is 2.00 bits per heavy atom. The number of aromatic nitrogens is 2. The molecule has 3 rings (SSSR count). The van der Waals surface area contributed by atoms with Crippen LogP contribution in [0.4, 0.5) is 0 Å². The number of para-hydroxylation sites is 2. The number of rotatable bonds is 2. The van der Waals surface area contributed by atoms with Crippen LogP contribution in [0, 0.1) is 0 Å². The highest BCUT2D eigenvalue weighted by Crippen LogP contribution is 2.14. The number of hydrogen-bond acceptors (Lipinski definition) is 4. The van der Waals surface area contributed by atoms with Crippen molar-refractivity contribution in [2.24, 2.45) is 0 Å². The highest BCUT2D eigenvalue weighted by Gasteiger charge is 2.24. The fourth-order valence-electron chi connectivity index (χ4n) is 2.62. The Hall–Kier alpha value is -1.43. The highest BCUT2D eigenvalue weighted by atomic mass is 35.5. The molecule has 7 heteroatoms. The monoisotopic (exact) mass is 342 g/mol. The summed E-state index contributed by atoms with van der Waals surface area (Å²) in [7, 11) is 1.94. The smallest absolute Gasteiger partial charge is 0.274 e. The molecule has 1 unspecified atom stereocenters. The van der Waals surface area contributed by atoms with Crippen LogP contribution in [0.15, 0.2) is 30.5 Å². The van der Waals surface area contributed by atoms with Crippen molar-refractivity contribution < 1.29 is 4.79 Å². The molecule has 1 fully saturated rings. The van der Waals surface area contributed by atoms with E-state index in [2.05, 4.69) is 15.3 Å². The van der Waals surface area contributed by atoms with Gasteiger partial charge in [0, 0.05) is 19.1 Å². The van der Waals surface area contributed by atoms with Crippen LogP contribution >= 0.6 is 24.8 Å². The number of hydrogen-bond donors (Lipinski definition) is 1. The molecule has 1 saturated heterocycles. The first kappa shape index (κ1) is 18.6. The summed E-state index contributed by atoms with van der Waals surface area (Å²) in [6.45, 7) is 1.54. The maximum absolute atomic E-state index is 12.5. The number of nitrogens with zero attached hydrogens (tertiary/aromatic N) is 3. The lowest BCUT2D eigenvalue weighted by atomic mass is 10.1. The maximum atomic E-state index is 12.5. The minimum atomic E-state index is -0.0248. The van der Waals surface area contributed by atoms with Crippen LogP contribution in [0.5, 0.6) is 0 Å². The molecule has 22 heavy (non-hydrogen) atoms. The Labute approximate surface area is 142 Å². The molecule has 0 saturated carbocycles. The summed E-state index contributed by atoms with van der Waals surface area (Å²) >= 11 is 0. The molecule has 1 atom stereocenters. The Bertz CT molecular complexity index is 638. The average Bonchev–Trinajstić information content (AvgIpc) is 2.53. The molecule has 1 aliphatic rings. The van der Waals surface area contributed by atoms with Gasteiger partial charge in [0.2, 0.25) is 0 Å². The SMILES string of the molecule is CNC1CCCN(C(=O)c2cnc3ccccc3n2)C1.Cl.Cl. The third kappa shape index (κ3) is 3.85. The molecular weight excluding hydrogens is 323 g/mol. The van der Waals surface area contributed by atoms with Crippen LogP contribution in [0.3, 0.4) is 0 Å². The van der Waals surface area contributed by atoms with Gasteiger partial charge >= 0.3 is 0 Å². The van der Waals surface area contributed by atoms with Crippen molar-refractivity contribution in [3.05, 3.63) is 36.2 Å². The Kier molecular flexibility index (Phi) is 7.00. The molecule has 1 amide bonds. The number of piperidine rings is 1. The van der Waals surface area contributed by atoms with Gasteiger partial charge in [0.15, 0.2) is 0 Å². The van der Waals surface area contributed by atoms with Gasteiger partial charge in [-0.05, 0) is 32.0 Å². The third-order valence-electron chi connectivity index (χ3n) is 3.78. The van der Waals surface area contributed by atoms with Crippen LogP contribution < -0.4 is 5.32 Å². The molecule has 1 aromatic carbocycles. The molecule has 120 valence electrons. The van der Waals surface area contributed by atoms with E-state index in [9.17, 15) is 4.79 Å². The summed E-state index contributed by atoms with van der Waals surface area (Å²) in [5.41, 5.74) is 2.01. The van der Waals surface area contributed by atoms with Crippen molar-refractivity contribution in [2.45, 2.75) is 18.9 Å². The topological polar surface area (TPSA) is 58.1 Å². The van der Waals surface area contributed by atoms with Gasteiger partial charge in [-0.1, -0.05) is 12.1 Å². The molecular formula is C15H20Cl2N4O. The quantitative estimate of drug-likeness (QED) is 0.909. The number of amides is 1. The largest absolute Gasteiger partial charge is 0.336 e. The van der Waals surface area contributed by atoms with Gasteiger partial charge in [-0.25, -0.2) is 4.98 Å². The van der Waals surface area contributed by atoms with E-state index in [1.165, 1.54) is 0 Å². The van der Waals surface area contributed by atoms with Gasteiger partial charge < -0.3 is 10.2 Å². The summed E-state index contributed by atoms with van der Waals surface area (Å²) in [6, 6.07) is 7.98. The summed E-state index contributed by atoms with van der Waals surface area (Å²) in [4.78, 5) is 23.1. The van der Waals surface area contributed by atoms with E-state index in [0.29, 0.717) is 11.7 Å². The first-order valence-corrected chi connectivity index (χ1v) is 6.96. The number of fused-ring (bicyclic) bond motifs is 1. The first-order valence-electron chi connectivity index (χ1n) is 6.96. The zero-order valence-electron chi connectivity index (χ0n) is 12.4. The van der Waals surface area contributed by atoms with Crippen LogP contribution in [-0.2, 0) is 0 Å². The standard InChI is InChI=1S/C15H18N4O.2ClH/c1-16-11-5-4-8-19(10-11)15(20)14-9-17-12-6-2-3-7-13(12)18-14;;/h2-3,6-7,9,11,16H,4-5,8,10H2,1H3;2*1H. The highest BCUT2D eigenvalue weighted by molar-refractivity contribution is 5.93. The minimum absolute atomic E-state index is 0. The van der Waals surface area contributed by atoms with Crippen molar-refractivity contribution in [2.75, 3.05) is 20.1 Å². The van der Waals surface area contributed by atoms with Crippen LogP contribution in [0.1, 0.15) is 23.3 Å². The van der Waals surface area contributed by atoms with Gasteiger partial charge in [0.1, 0.15) is 5.69 Å². The van der Waals surface area contributed by atoms with Crippen molar-refractivity contribution >= 4 is 41.8 Å².